The van der Waals surface area contributed by atoms with Crippen LogP contribution in [-0.4, -0.2) is 55.6 Å². The molecule has 1 saturated heterocycles. The molecular weight excluding hydrogens is 372 g/mol. The number of nitrogens with one attached hydrogen (secondary N) is 2. The number of hydrogen-bond acceptors (Lipinski definition) is 6. The highest BCUT2D eigenvalue weighted by Gasteiger charge is 2.24. The van der Waals surface area contributed by atoms with E-state index in [1.165, 1.54) is 10.4 Å². The lowest BCUT2D eigenvalue weighted by Gasteiger charge is -2.26. The maximum absolute atomic E-state index is 12.5. The van der Waals surface area contributed by atoms with Gasteiger partial charge in [-0.25, -0.2) is 4.98 Å². The summed E-state index contributed by atoms with van der Waals surface area (Å²) in [7, 11) is 1.67. The van der Waals surface area contributed by atoms with Crippen LogP contribution >= 0.6 is 11.3 Å². The molecule has 0 bridgehead atoms. The fraction of sp³-hybridized carbons (Fsp3) is 0.524. The molecule has 0 spiro atoms. The van der Waals surface area contributed by atoms with Gasteiger partial charge < -0.3 is 15.4 Å². The second-order valence-electron chi connectivity index (χ2n) is 8.14. The summed E-state index contributed by atoms with van der Waals surface area (Å²) in [5.74, 6) is 0.858. The molecule has 2 N–H and O–H groups in total. The summed E-state index contributed by atoms with van der Waals surface area (Å²) in [5.41, 5.74) is 2.17. The minimum atomic E-state index is -0.0835. The highest BCUT2D eigenvalue weighted by Crippen LogP contribution is 2.34. The summed E-state index contributed by atoms with van der Waals surface area (Å²) in [6.45, 7) is 10.6. The lowest BCUT2D eigenvalue weighted by Crippen LogP contribution is -2.46. The number of hydrogen-bond donors (Lipinski definition) is 2. The fourth-order valence-electron chi connectivity index (χ4n) is 3.27. The zero-order valence-electron chi connectivity index (χ0n) is 17.2. The maximum atomic E-state index is 12.5. The number of aromatic nitrogens is 1. The number of ether oxygens (including phenoxy) is 1. The van der Waals surface area contributed by atoms with E-state index in [4.69, 9.17) is 9.72 Å². The number of nitrogens with zero attached hydrogens (tertiary/aromatic N) is 2. The molecule has 2 aromatic rings. The number of piperazine rings is 1. The van der Waals surface area contributed by atoms with Crippen molar-refractivity contribution in [3.05, 3.63) is 40.4 Å². The lowest BCUT2D eigenvalue weighted by atomic mass is 9.90. The molecule has 3 rings (SSSR count). The zero-order chi connectivity index (χ0) is 20.1. The monoisotopic (exact) mass is 402 g/mol. The summed E-state index contributed by atoms with van der Waals surface area (Å²) in [4.78, 5) is 20.6. The second kappa shape index (κ2) is 9.03. The van der Waals surface area contributed by atoms with Crippen LogP contribution in [0.15, 0.2) is 24.3 Å². The first-order valence-electron chi connectivity index (χ1n) is 9.71. The predicted octanol–water partition coefficient (Wildman–Crippen LogP) is 2.88. The van der Waals surface area contributed by atoms with Gasteiger partial charge >= 0.3 is 0 Å². The van der Waals surface area contributed by atoms with Crippen LogP contribution in [0.5, 0.6) is 5.75 Å². The maximum Gasteiger partial charge on any atom is 0.240 e. The lowest BCUT2D eigenvalue weighted by molar-refractivity contribution is -0.117. The van der Waals surface area contributed by atoms with Crippen molar-refractivity contribution in [2.45, 2.75) is 32.6 Å². The van der Waals surface area contributed by atoms with Crippen LogP contribution in [0, 0.1) is 0 Å². The Morgan fingerprint density at radius 3 is 2.54 bits per heavy atom. The quantitative estimate of drug-likeness (QED) is 0.778. The predicted molar refractivity (Wildman–Crippen MR) is 115 cm³/mol. The molecule has 0 radical (unpaired) electrons. The Morgan fingerprint density at radius 1 is 1.25 bits per heavy atom. The van der Waals surface area contributed by atoms with Gasteiger partial charge in [-0.2, -0.15) is 0 Å². The van der Waals surface area contributed by atoms with Crippen molar-refractivity contribution < 1.29 is 9.53 Å². The van der Waals surface area contributed by atoms with Crippen molar-refractivity contribution in [1.82, 2.24) is 15.2 Å². The third-order valence-corrected chi connectivity index (χ3v) is 5.73. The number of benzene rings is 1. The van der Waals surface area contributed by atoms with E-state index in [1.54, 1.807) is 18.4 Å². The molecule has 152 valence electrons. The van der Waals surface area contributed by atoms with E-state index in [9.17, 15) is 4.79 Å². The number of rotatable bonds is 6. The summed E-state index contributed by atoms with van der Waals surface area (Å²) in [6, 6.07) is 8.11. The molecule has 0 unspecified atom stereocenters. The molecular formula is C21H30N4O2S. The average Bonchev–Trinajstić information content (AvgIpc) is 3.05. The Balaban J connectivity index is 1.72. The number of thiazole rings is 1. The number of carbonyl (C=O) groups is 1. The van der Waals surface area contributed by atoms with Crippen molar-refractivity contribution in [3.8, 4) is 5.75 Å². The fourth-order valence-corrected chi connectivity index (χ4v) is 4.49. The van der Waals surface area contributed by atoms with Gasteiger partial charge in [-0.3, -0.25) is 9.69 Å². The molecule has 0 aliphatic carbocycles. The SMILES string of the molecule is COc1ccc(Cc2sc(NC(=O)CN3CCNCC3)nc2C(C)(C)C)cc1. The van der Waals surface area contributed by atoms with Crippen LogP contribution in [0.2, 0.25) is 0 Å². The average molecular weight is 403 g/mol. The van der Waals surface area contributed by atoms with E-state index >= 15 is 0 Å². The molecule has 0 saturated carbocycles. The van der Waals surface area contributed by atoms with E-state index in [2.05, 4.69) is 48.4 Å². The van der Waals surface area contributed by atoms with E-state index in [1.807, 2.05) is 12.1 Å². The molecule has 0 atom stereocenters. The van der Waals surface area contributed by atoms with Gasteiger partial charge in [0.1, 0.15) is 5.75 Å². The third-order valence-electron chi connectivity index (χ3n) is 4.75. The Bertz CT molecular complexity index is 790. The van der Waals surface area contributed by atoms with Crippen LogP contribution in [0.1, 0.15) is 36.9 Å². The van der Waals surface area contributed by atoms with E-state index in [0.717, 1.165) is 44.0 Å². The van der Waals surface area contributed by atoms with Gasteiger partial charge in [0.25, 0.3) is 0 Å². The van der Waals surface area contributed by atoms with Crippen LogP contribution in [0.4, 0.5) is 5.13 Å². The highest BCUT2D eigenvalue weighted by molar-refractivity contribution is 7.15. The molecule has 1 aromatic heterocycles. The molecule has 7 heteroatoms. The molecule has 1 fully saturated rings. The van der Waals surface area contributed by atoms with Crippen LogP contribution in [0.25, 0.3) is 0 Å². The molecule has 1 aliphatic rings. The van der Waals surface area contributed by atoms with Gasteiger partial charge in [-0.05, 0) is 17.7 Å². The number of anilines is 1. The number of amides is 1. The minimum absolute atomic E-state index is 0.00658. The van der Waals surface area contributed by atoms with Crippen LogP contribution in [0.3, 0.4) is 0 Å². The van der Waals surface area contributed by atoms with Crippen LogP contribution in [-0.2, 0) is 16.6 Å². The molecule has 2 heterocycles. The van der Waals surface area contributed by atoms with Crippen molar-refractivity contribution >= 4 is 22.4 Å². The van der Waals surface area contributed by atoms with Gasteiger partial charge in [0.2, 0.25) is 5.91 Å². The van der Waals surface area contributed by atoms with Crippen LogP contribution < -0.4 is 15.4 Å². The van der Waals surface area contributed by atoms with Crippen molar-refractivity contribution in [2.75, 3.05) is 45.2 Å². The van der Waals surface area contributed by atoms with Gasteiger partial charge in [-0.1, -0.05) is 32.9 Å². The summed E-state index contributed by atoms with van der Waals surface area (Å²) in [5, 5.41) is 7.00. The minimum Gasteiger partial charge on any atom is -0.497 e. The van der Waals surface area contributed by atoms with E-state index in [0.29, 0.717) is 11.7 Å². The van der Waals surface area contributed by atoms with Crippen molar-refractivity contribution in [3.63, 3.8) is 0 Å². The second-order valence-corrected chi connectivity index (χ2v) is 9.22. The molecule has 6 nitrogen and oxygen atoms in total. The van der Waals surface area contributed by atoms with E-state index in [-0.39, 0.29) is 11.3 Å². The first kappa shape index (κ1) is 20.8. The topological polar surface area (TPSA) is 66.5 Å². The summed E-state index contributed by atoms with van der Waals surface area (Å²) < 4.78 is 5.24. The normalized spacial score (nSPS) is 15.4. The van der Waals surface area contributed by atoms with E-state index < -0.39 is 0 Å². The molecule has 1 aliphatic heterocycles. The largest absolute Gasteiger partial charge is 0.497 e. The smallest absolute Gasteiger partial charge is 0.240 e. The molecule has 28 heavy (non-hydrogen) atoms. The Hall–Kier alpha value is -1.96. The number of methoxy groups -OCH3 is 1. The van der Waals surface area contributed by atoms with Gasteiger partial charge in [0, 0.05) is 42.9 Å². The van der Waals surface area contributed by atoms with Gasteiger partial charge in [0.15, 0.2) is 5.13 Å². The number of carbonyl (C=O) groups excluding carboxylic acids is 1. The standard InChI is InChI=1S/C21H30N4O2S/c1-21(2,3)19-17(13-15-5-7-16(27-4)8-6-15)28-20(24-19)23-18(26)14-25-11-9-22-10-12-25/h5-8,22H,9-14H2,1-4H3,(H,23,24,26). The Labute approximate surface area is 171 Å². The Kier molecular flexibility index (Phi) is 6.69. The van der Waals surface area contributed by atoms with Crippen molar-refractivity contribution in [2.24, 2.45) is 0 Å². The third kappa shape index (κ3) is 5.53. The van der Waals surface area contributed by atoms with Crippen molar-refractivity contribution in [1.29, 1.82) is 0 Å². The molecule has 1 amide bonds. The van der Waals surface area contributed by atoms with Gasteiger partial charge in [-0.15, -0.1) is 11.3 Å². The van der Waals surface area contributed by atoms with Gasteiger partial charge in [0.05, 0.1) is 19.3 Å². The zero-order valence-corrected chi connectivity index (χ0v) is 18.0. The first-order valence-corrected chi connectivity index (χ1v) is 10.5. The Morgan fingerprint density at radius 2 is 1.93 bits per heavy atom. The highest BCUT2D eigenvalue weighted by atomic mass is 32.1. The molecule has 1 aromatic carbocycles. The first-order chi connectivity index (χ1) is 13.3. The summed E-state index contributed by atoms with van der Waals surface area (Å²) >= 11 is 1.58. The summed E-state index contributed by atoms with van der Waals surface area (Å²) in [6.07, 6.45) is 0.794.